The van der Waals surface area contributed by atoms with Crippen molar-refractivity contribution in [1.82, 2.24) is 20.1 Å². The van der Waals surface area contributed by atoms with E-state index in [2.05, 4.69) is 20.8 Å². The van der Waals surface area contributed by atoms with Crippen LogP contribution in [0.1, 0.15) is 26.2 Å². The van der Waals surface area contributed by atoms with Crippen LogP contribution in [-0.4, -0.2) is 33.3 Å². The number of carbonyl (C=O) groups excluding carboxylic acids is 1. The number of hydrogen-bond acceptors (Lipinski definition) is 4. The second-order valence-corrected chi connectivity index (χ2v) is 5.53. The van der Waals surface area contributed by atoms with Crippen molar-refractivity contribution >= 4 is 11.6 Å². The fourth-order valence-electron chi connectivity index (χ4n) is 2.84. The largest absolute Gasteiger partial charge is 0.325 e. The number of carbonyl (C=O) groups is 1. The molecule has 0 aliphatic carbocycles. The Morgan fingerprint density at radius 1 is 1.45 bits per heavy atom. The van der Waals surface area contributed by atoms with Crippen LogP contribution < -0.4 is 10.6 Å². The second kappa shape index (κ2) is 6.70. The first-order chi connectivity index (χ1) is 10.8. The number of benzene rings is 1. The highest BCUT2D eigenvalue weighted by Crippen LogP contribution is 2.26. The Balaban J connectivity index is 1.78. The number of nitrogens with one attached hydrogen (secondary N) is 2. The molecule has 1 amide bonds. The highest BCUT2D eigenvalue weighted by atomic mass is 16.1. The van der Waals surface area contributed by atoms with E-state index in [1.54, 1.807) is 6.33 Å². The summed E-state index contributed by atoms with van der Waals surface area (Å²) in [7, 11) is 0. The molecular weight excluding hydrogens is 278 g/mol. The SMILES string of the molecule is CCn1cnnc1-c1ccccc1NC(=O)CC1CCCN1. The Morgan fingerprint density at radius 2 is 2.32 bits per heavy atom. The maximum absolute atomic E-state index is 12.3. The molecule has 6 heteroatoms. The molecule has 2 heterocycles. The summed E-state index contributed by atoms with van der Waals surface area (Å²) in [4.78, 5) is 12.3. The summed E-state index contributed by atoms with van der Waals surface area (Å²) in [5.41, 5.74) is 1.68. The summed E-state index contributed by atoms with van der Waals surface area (Å²) in [6, 6.07) is 8.02. The van der Waals surface area contributed by atoms with Gasteiger partial charge in [0.25, 0.3) is 0 Å². The van der Waals surface area contributed by atoms with Gasteiger partial charge in [0.05, 0.1) is 5.69 Å². The molecule has 1 aromatic heterocycles. The molecule has 1 aliphatic rings. The Bertz CT molecular complexity index is 645. The molecule has 6 nitrogen and oxygen atoms in total. The number of aryl methyl sites for hydroxylation is 1. The van der Waals surface area contributed by atoms with E-state index < -0.39 is 0 Å². The van der Waals surface area contributed by atoms with Gasteiger partial charge in [-0.15, -0.1) is 10.2 Å². The minimum atomic E-state index is 0.0365. The van der Waals surface area contributed by atoms with Gasteiger partial charge >= 0.3 is 0 Å². The van der Waals surface area contributed by atoms with Crippen molar-refractivity contribution in [2.24, 2.45) is 0 Å². The zero-order valence-electron chi connectivity index (χ0n) is 12.7. The van der Waals surface area contributed by atoms with Crippen LogP contribution in [0.25, 0.3) is 11.4 Å². The molecule has 3 rings (SSSR count). The van der Waals surface area contributed by atoms with Crippen LogP contribution in [0.2, 0.25) is 0 Å². The third-order valence-electron chi connectivity index (χ3n) is 3.99. The van der Waals surface area contributed by atoms with Crippen LogP contribution >= 0.6 is 0 Å². The lowest BCUT2D eigenvalue weighted by atomic mass is 10.1. The predicted molar refractivity (Wildman–Crippen MR) is 85.4 cm³/mol. The van der Waals surface area contributed by atoms with Crippen molar-refractivity contribution in [1.29, 1.82) is 0 Å². The number of anilines is 1. The van der Waals surface area contributed by atoms with Crippen LogP contribution in [0.15, 0.2) is 30.6 Å². The first kappa shape index (κ1) is 14.7. The molecule has 1 aliphatic heterocycles. The summed E-state index contributed by atoms with van der Waals surface area (Å²) in [6.45, 7) is 3.84. The fourth-order valence-corrected chi connectivity index (χ4v) is 2.84. The summed E-state index contributed by atoms with van der Waals surface area (Å²) in [6.07, 6.45) is 4.43. The van der Waals surface area contributed by atoms with Crippen molar-refractivity contribution in [2.45, 2.75) is 38.8 Å². The van der Waals surface area contributed by atoms with E-state index in [1.165, 1.54) is 0 Å². The molecule has 0 saturated carbocycles. The fraction of sp³-hybridized carbons (Fsp3) is 0.438. The van der Waals surface area contributed by atoms with E-state index >= 15 is 0 Å². The van der Waals surface area contributed by atoms with Gasteiger partial charge in [0.2, 0.25) is 5.91 Å². The number of rotatable bonds is 5. The quantitative estimate of drug-likeness (QED) is 0.886. The molecule has 1 aromatic carbocycles. The molecule has 0 radical (unpaired) electrons. The second-order valence-electron chi connectivity index (χ2n) is 5.53. The van der Waals surface area contributed by atoms with Crippen LogP contribution in [0, 0.1) is 0 Å². The van der Waals surface area contributed by atoms with E-state index in [4.69, 9.17) is 0 Å². The molecule has 1 unspecified atom stereocenters. The van der Waals surface area contributed by atoms with E-state index in [0.29, 0.717) is 12.5 Å². The third-order valence-corrected chi connectivity index (χ3v) is 3.99. The van der Waals surface area contributed by atoms with Gasteiger partial charge in [-0.25, -0.2) is 0 Å². The average Bonchev–Trinajstić information content (AvgIpc) is 3.18. The van der Waals surface area contributed by atoms with E-state index in [9.17, 15) is 4.79 Å². The lowest BCUT2D eigenvalue weighted by molar-refractivity contribution is -0.116. The minimum absolute atomic E-state index is 0.0365. The van der Waals surface area contributed by atoms with Gasteiger partial charge in [-0.1, -0.05) is 12.1 Å². The zero-order chi connectivity index (χ0) is 15.4. The maximum atomic E-state index is 12.3. The first-order valence-corrected chi connectivity index (χ1v) is 7.78. The molecule has 22 heavy (non-hydrogen) atoms. The van der Waals surface area contributed by atoms with Crippen molar-refractivity contribution in [2.75, 3.05) is 11.9 Å². The van der Waals surface area contributed by atoms with Gasteiger partial charge in [0, 0.05) is 24.6 Å². The number of nitrogens with zero attached hydrogens (tertiary/aromatic N) is 3. The van der Waals surface area contributed by atoms with E-state index in [-0.39, 0.29) is 5.91 Å². The average molecular weight is 299 g/mol. The standard InChI is InChI=1S/C16H21N5O/c1-2-21-11-18-20-16(21)13-7-3-4-8-14(13)19-15(22)10-12-6-5-9-17-12/h3-4,7-8,11-12,17H,2,5-6,9-10H2,1H3,(H,19,22). The van der Waals surface area contributed by atoms with Crippen LogP contribution in [0.3, 0.4) is 0 Å². The smallest absolute Gasteiger partial charge is 0.225 e. The Morgan fingerprint density at radius 3 is 3.09 bits per heavy atom. The molecule has 2 N–H and O–H groups in total. The molecule has 0 spiro atoms. The van der Waals surface area contributed by atoms with Gasteiger partial charge in [-0.3, -0.25) is 4.79 Å². The number of hydrogen-bond donors (Lipinski definition) is 2. The van der Waals surface area contributed by atoms with Crippen LogP contribution in [-0.2, 0) is 11.3 Å². The predicted octanol–water partition coefficient (Wildman–Crippen LogP) is 2.05. The summed E-state index contributed by atoms with van der Waals surface area (Å²) in [5.74, 6) is 0.812. The first-order valence-electron chi connectivity index (χ1n) is 7.78. The topological polar surface area (TPSA) is 71.8 Å². The third kappa shape index (κ3) is 3.17. The monoisotopic (exact) mass is 299 g/mol. The molecule has 0 bridgehead atoms. The van der Waals surface area contributed by atoms with E-state index in [0.717, 1.165) is 43.0 Å². The van der Waals surface area contributed by atoms with Crippen LogP contribution in [0.5, 0.6) is 0 Å². The van der Waals surface area contributed by atoms with Crippen molar-refractivity contribution < 1.29 is 4.79 Å². The van der Waals surface area contributed by atoms with Gasteiger partial charge in [0.1, 0.15) is 6.33 Å². The number of para-hydroxylation sites is 1. The van der Waals surface area contributed by atoms with Crippen LogP contribution in [0.4, 0.5) is 5.69 Å². The molecule has 1 atom stereocenters. The molecule has 1 saturated heterocycles. The lowest BCUT2D eigenvalue weighted by Gasteiger charge is -2.13. The van der Waals surface area contributed by atoms with E-state index in [1.807, 2.05) is 35.8 Å². The van der Waals surface area contributed by atoms with Crippen molar-refractivity contribution in [3.63, 3.8) is 0 Å². The summed E-state index contributed by atoms with van der Waals surface area (Å²) >= 11 is 0. The minimum Gasteiger partial charge on any atom is -0.325 e. The molecule has 1 fully saturated rings. The summed E-state index contributed by atoms with van der Waals surface area (Å²) < 4.78 is 1.96. The molecule has 2 aromatic rings. The van der Waals surface area contributed by atoms with Crippen molar-refractivity contribution in [3.05, 3.63) is 30.6 Å². The number of amides is 1. The van der Waals surface area contributed by atoms with Gasteiger partial charge < -0.3 is 15.2 Å². The highest BCUT2D eigenvalue weighted by Gasteiger charge is 2.19. The van der Waals surface area contributed by atoms with Crippen molar-refractivity contribution in [3.8, 4) is 11.4 Å². The molecule has 116 valence electrons. The number of aromatic nitrogens is 3. The highest BCUT2D eigenvalue weighted by molar-refractivity contribution is 5.95. The maximum Gasteiger partial charge on any atom is 0.225 e. The van der Waals surface area contributed by atoms with Gasteiger partial charge in [0.15, 0.2) is 5.82 Å². The zero-order valence-corrected chi connectivity index (χ0v) is 12.7. The Kier molecular flexibility index (Phi) is 4.48. The normalized spacial score (nSPS) is 17.6. The lowest BCUT2D eigenvalue weighted by Crippen LogP contribution is -2.27. The Hall–Kier alpha value is -2.21. The van der Waals surface area contributed by atoms with Gasteiger partial charge in [-0.2, -0.15) is 0 Å². The Labute approximate surface area is 129 Å². The summed E-state index contributed by atoms with van der Waals surface area (Å²) in [5, 5.41) is 14.5. The molecular formula is C16H21N5O. The van der Waals surface area contributed by atoms with Gasteiger partial charge in [-0.05, 0) is 38.4 Å².